The van der Waals surface area contributed by atoms with Crippen molar-refractivity contribution < 1.29 is 14.0 Å². The van der Waals surface area contributed by atoms with Gasteiger partial charge in [0.05, 0.1) is 25.0 Å². The number of rotatable bonds is 6. The molecule has 0 bridgehead atoms. The van der Waals surface area contributed by atoms with E-state index in [0.29, 0.717) is 42.5 Å². The van der Waals surface area contributed by atoms with Crippen molar-refractivity contribution in [3.8, 4) is 11.3 Å². The van der Waals surface area contributed by atoms with Crippen molar-refractivity contribution in [1.29, 1.82) is 0 Å². The minimum atomic E-state index is -0.194. The highest BCUT2D eigenvalue weighted by atomic mass is 35.5. The molecule has 1 aliphatic rings. The molecule has 2 amide bonds. The minimum absolute atomic E-state index is 0.0262. The molecule has 7 nitrogen and oxygen atoms in total. The molecule has 4 rings (SSSR count). The smallest absolute Gasteiger partial charge is 0.272 e. The van der Waals surface area contributed by atoms with Crippen molar-refractivity contribution in [3.63, 3.8) is 0 Å². The summed E-state index contributed by atoms with van der Waals surface area (Å²) in [6.45, 7) is 1.49. The molecule has 1 aliphatic heterocycles. The zero-order chi connectivity index (χ0) is 19.5. The SMILES string of the molecule is O=C(CN1CCn2nc(-c3ccc(Cl)cc3)cc2C1=O)NCCc1ccco1. The van der Waals surface area contributed by atoms with E-state index in [0.717, 1.165) is 11.3 Å². The Balaban J connectivity index is 1.37. The summed E-state index contributed by atoms with van der Waals surface area (Å²) < 4.78 is 6.93. The first-order chi connectivity index (χ1) is 13.6. The second-order valence-electron chi connectivity index (χ2n) is 6.55. The molecule has 8 heteroatoms. The van der Waals surface area contributed by atoms with E-state index in [1.54, 1.807) is 34.0 Å². The van der Waals surface area contributed by atoms with Gasteiger partial charge in [-0.25, -0.2) is 0 Å². The van der Waals surface area contributed by atoms with Gasteiger partial charge < -0.3 is 14.6 Å². The first kappa shape index (κ1) is 18.3. The Morgan fingerprint density at radius 2 is 2.04 bits per heavy atom. The van der Waals surface area contributed by atoms with Crippen molar-refractivity contribution >= 4 is 23.4 Å². The third kappa shape index (κ3) is 3.94. The van der Waals surface area contributed by atoms with Gasteiger partial charge in [-0.05, 0) is 30.3 Å². The topological polar surface area (TPSA) is 80.4 Å². The maximum atomic E-state index is 12.8. The van der Waals surface area contributed by atoms with Crippen LogP contribution in [-0.2, 0) is 17.8 Å². The third-order valence-electron chi connectivity index (χ3n) is 4.62. The van der Waals surface area contributed by atoms with E-state index in [2.05, 4.69) is 10.4 Å². The van der Waals surface area contributed by atoms with Gasteiger partial charge >= 0.3 is 0 Å². The molecule has 28 heavy (non-hydrogen) atoms. The lowest BCUT2D eigenvalue weighted by Crippen LogP contribution is -2.46. The number of nitrogens with one attached hydrogen (secondary N) is 1. The Bertz CT molecular complexity index is 980. The van der Waals surface area contributed by atoms with Gasteiger partial charge in [0.1, 0.15) is 11.5 Å². The number of carbonyl (C=O) groups is 2. The Labute approximate surface area is 166 Å². The molecule has 3 heterocycles. The molecule has 3 aromatic rings. The summed E-state index contributed by atoms with van der Waals surface area (Å²) in [4.78, 5) is 26.5. The molecular weight excluding hydrogens is 380 g/mol. The van der Waals surface area contributed by atoms with Gasteiger partial charge in [0.15, 0.2) is 0 Å². The molecule has 1 aromatic carbocycles. The van der Waals surface area contributed by atoms with Gasteiger partial charge in [0, 0.05) is 30.1 Å². The maximum Gasteiger partial charge on any atom is 0.272 e. The van der Waals surface area contributed by atoms with Crippen LogP contribution in [0.25, 0.3) is 11.3 Å². The average Bonchev–Trinajstić information content (AvgIpc) is 3.35. The highest BCUT2D eigenvalue weighted by molar-refractivity contribution is 6.30. The highest BCUT2D eigenvalue weighted by Crippen LogP contribution is 2.23. The molecule has 1 N–H and O–H groups in total. The molecule has 0 saturated heterocycles. The van der Waals surface area contributed by atoms with Crippen LogP contribution in [0.4, 0.5) is 0 Å². The largest absolute Gasteiger partial charge is 0.469 e. The Kier molecular flexibility index (Phi) is 5.16. The molecule has 0 fully saturated rings. The van der Waals surface area contributed by atoms with Gasteiger partial charge in [-0.1, -0.05) is 23.7 Å². The molecule has 0 aliphatic carbocycles. The molecule has 0 saturated carbocycles. The number of nitrogens with zero attached hydrogens (tertiary/aromatic N) is 3. The minimum Gasteiger partial charge on any atom is -0.469 e. The summed E-state index contributed by atoms with van der Waals surface area (Å²) in [6.07, 6.45) is 2.22. The molecule has 0 spiro atoms. The van der Waals surface area contributed by atoms with Crippen molar-refractivity contribution in [2.75, 3.05) is 19.6 Å². The average molecular weight is 399 g/mol. The van der Waals surface area contributed by atoms with Crippen LogP contribution >= 0.6 is 11.6 Å². The number of amides is 2. The standard InChI is InChI=1S/C20H19ClN4O3/c21-15-5-3-14(4-6-15)17-12-18-20(27)24(9-10-25(18)23-17)13-19(26)22-8-7-16-2-1-11-28-16/h1-6,11-12H,7-10,13H2,(H,22,26). The summed E-state index contributed by atoms with van der Waals surface area (Å²) in [5.41, 5.74) is 2.09. The van der Waals surface area contributed by atoms with Crippen LogP contribution in [-0.4, -0.2) is 46.1 Å². The number of fused-ring (bicyclic) bond motifs is 1. The Morgan fingerprint density at radius 3 is 2.79 bits per heavy atom. The lowest BCUT2D eigenvalue weighted by atomic mass is 10.1. The van der Waals surface area contributed by atoms with Gasteiger partial charge in [0.25, 0.3) is 5.91 Å². The highest BCUT2D eigenvalue weighted by Gasteiger charge is 2.28. The normalized spacial score (nSPS) is 13.5. The van der Waals surface area contributed by atoms with Gasteiger partial charge in [-0.2, -0.15) is 5.10 Å². The number of halogens is 1. The van der Waals surface area contributed by atoms with E-state index in [4.69, 9.17) is 16.0 Å². The van der Waals surface area contributed by atoms with E-state index in [1.807, 2.05) is 24.3 Å². The van der Waals surface area contributed by atoms with Crippen LogP contribution in [0.5, 0.6) is 0 Å². The molecule has 0 radical (unpaired) electrons. The fraction of sp³-hybridized carbons (Fsp3) is 0.250. The predicted octanol–water partition coefficient (Wildman–Crippen LogP) is 2.61. The summed E-state index contributed by atoms with van der Waals surface area (Å²) in [6, 6.07) is 12.7. The number of furan rings is 1. The van der Waals surface area contributed by atoms with Crippen LogP contribution in [0.1, 0.15) is 16.2 Å². The quantitative estimate of drug-likeness (QED) is 0.692. The maximum absolute atomic E-state index is 12.8. The first-order valence-corrected chi connectivity index (χ1v) is 9.40. The Hall–Kier alpha value is -3.06. The summed E-state index contributed by atoms with van der Waals surface area (Å²) in [7, 11) is 0. The molecule has 144 valence electrons. The van der Waals surface area contributed by atoms with E-state index < -0.39 is 0 Å². The lowest BCUT2D eigenvalue weighted by molar-refractivity contribution is -0.121. The van der Waals surface area contributed by atoms with Gasteiger partial charge in [0.2, 0.25) is 5.91 Å². The monoisotopic (exact) mass is 398 g/mol. The predicted molar refractivity (Wildman–Crippen MR) is 104 cm³/mol. The molecular formula is C20H19ClN4O3. The van der Waals surface area contributed by atoms with Crippen molar-refractivity contribution in [2.24, 2.45) is 0 Å². The lowest BCUT2D eigenvalue weighted by Gasteiger charge is -2.26. The zero-order valence-electron chi connectivity index (χ0n) is 15.1. The van der Waals surface area contributed by atoms with Crippen LogP contribution in [0, 0.1) is 0 Å². The second-order valence-corrected chi connectivity index (χ2v) is 6.99. The van der Waals surface area contributed by atoms with Crippen molar-refractivity contribution in [3.05, 3.63) is 65.2 Å². The van der Waals surface area contributed by atoms with Gasteiger partial charge in [-0.15, -0.1) is 0 Å². The fourth-order valence-corrected chi connectivity index (χ4v) is 3.29. The van der Waals surface area contributed by atoms with E-state index >= 15 is 0 Å². The van der Waals surface area contributed by atoms with Crippen molar-refractivity contribution in [2.45, 2.75) is 13.0 Å². The molecule has 0 atom stereocenters. The number of hydrogen-bond acceptors (Lipinski definition) is 4. The fourth-order valence-electron chi connectivity index (χ4n) is 3.16. The Morgan fingerprint density at radius 1 is 1.21 bits per heavy atom. The van der Waals surface area contributed by atoms with Gasteiger partial charge in [-0.3, -0.25) is 14.3 Å². The molecule has 0 unspecified atom stereocenters. The summed E-state index contributed by atoms with van der Waals surface area (Å²) in [5.74, 6) is 0.430. The van der Waals surface area contributed by atoms with E-state index in [1.165, 1.54) is 0 Å². The number of benzene rings is 1. The van der Waals surface area contributed by atoms with Crippen LogP contribution in [0.2, 0.25) is 5.02 Å². The van der Waals surface area contributed by atoms with E-state index in [-0.39, 0.29) is 18.4 Å². The third-order valence-corrected chi connectivity index (χ3v) is 4.87. The zero-order valence-corrected chi connectivity index (χ0v) is 15.9. The number of carbonyl (C=O) groups excluding carboxylic acids is 2. The molecule has 2 aromatic heterocycles. The summed E-state index contributed by atoms with van der Waals surface area (Å²) in [5, 5.41) is 7.98. The van der Waals surface area contributed by atoms with Crippen LogP contribution in [0.15, 0.2) is 53.1 Å². The van der Waals surface area contributed by atoms with Crippen molar-refractivity contribution in [1.82, 2.24) is 20.0 Å². The first-order valence-electron chi connectivity index (χ1n) is 9.02. The van der Waals surface area contributed by atoms with Crippen LogP contribution < -0.4 is 5.32 Å². The van der Waals surface area contributed by atoms with E-state index in [9.17, 15) is 9.59 Å². The second kappa shape index (κ2) is 7.90. The summed E-state index contributed by atoms with van der Waals surface area (Å²) >= 11 is 5.93. The number of hydrogen-bond donors (Lipinski definition) is 1. The number of aromatic nitrogens is 2. The van der Waals surface area contributed by atoms with Crippen LogP contribution in [0.3, 0.4) is 0 Å².